The zero-order valence-corrected chi connectivity index (χ0v) is 13.6. The van der Waals surface area contributed by atoms with E-state index in [9.17, 15) is 13.6 Å². The summed E-state index contributed by atoms with van der Waals surface area (Å²) in [5.41, 5.74) is 6.66. The standard InChI is InChI=1S/C15H15F2N3OS2/c16-15(17)23-10-5-3-9(4-6-10)14(21)18-13-8-11(19-20-13)12-2-1-7-22-12/h1-7,11,13,15,19-20H,8H2,(H,18,21). The lowest BCUT2D eigenvalue weighted by molar-refractivity contribution is 0.0932. The molecule has 0 spiro atoms. The summed E-state index contributed by atoms with van der Waals surface area (Å²) in [5, 5.41) is 4.90. The van der Waals surface area contributed by atoms with E-state index in [2.05, 4.69) is 16.2 Å². The number of nitrogens with one attached hydrogen (secondary N) is 3. The van der Waals surface area contributed by atoms with Crippen molar-refractivity contribution < 1.29 is 13.6 Å². The van der Waals surface area contributed by atoms with Crippen LogP contribution < -0.4 is 16.2 Å². The summed E-state index contributed by atoms with van der Waals surface area (Å²) in [5.74, 6) is -2.69. The van der Waals surface area contributed by atoms with Crippen LogP contribution in [0, 0.1) is 0 Å². The molecule has 1 fully saturated rings. The first kappa shape index (κ1) is 16.4. The first-order valence-corrected chi connectivity index (χ1v) is 8.78. The molecule has 0 radical (unpaired) electrons. The number of hydrazine groups is 1. The topological polar surface area (TPSA) is 53.2 Å². The van der Waals surface area contributed by atoms with E-state index in [0.29, 0.717) is 22.2 Å². The molecule has 1 aliphatic rings. The zero-order chi connectivity index (χ0) is 16.2. The van der Waals surface area contributed by atoms with Gasteiger partial charge in [0.05, 0.1) is 12.2 Å². The molecule has 8 heteroatoms. The quantitative estimate of drug-likeness (QED) is 0.720. The molecule has 1 amide bonds. The lowest BCUT2D eigenvalue weighted by Gasteiger charge is -2.12. The smallest absolute Gasteiger partial charge is 0.288 e. The number of thioether (sulfide) groups is 1. The molecule has 0 bridgehead atoms. The van der Waals surface area contributed by atoms with Crippen molar-refractivity contribution >= 4 is 29.0 Å². The molecule has 2 aromatic rings. The predicted molar refractivity (Wildman–Crippen MR) is 87.5 cm³/mol. The normalized spacial score (nSPS) is 20.8. The van der Waals surface area contributed by atoms with Crippen molar-refractivity contribution in [1.29, 1.82) is 0 Å². The Morgan fingerprint density at radius 1 is 1.26 bits per heavy atom. The van der Waals surface area contributed by atoms with Crippen molar-refractivity contribution in [1.82, 2.24) is 16.2 Å². The van der Waals surface area contributed by atoms with Crippen LogP contribution in [0.15, 0.2) is 46.7 Å². The van der Waals surface area contributed by atoms with Crippen LogP contribution in [-0.4, -0.2) is 17.8 Å². The maximum Gasteiger partial charge on any atom is 0.288 e. The largest absolute Gasteiger partial charge is 0.335 e. The maximum atomic E-state index is 12.3. The fourth-order valence-corrected chi connectivity index (χ4v) is 3.65. The van der Waals surface area contributed by atoms with Gasteiger partial charge in [0.25, 0.3) is 11.7 Å². The first-order chi connectivity index (χ1) is 11.1. The van der Waals surface area contributed by atoms with E-state index < -0.39 is 5.76 Å². The highest BCUT2D eigenvalue weighted by Gasteiger charge is 2.26. The number of hydrogen-bond donors (Lipinski definition) is 3. The number of carbonyl (C=O) groups is 1. The molecule has 1 aliphatic heterocycles. The van der Waals surface area contributed by atoms with Crippen LogP contribution in [-0.2, 0) is 0 Å². The minimum Gasteiger partial charge on any atom is -0.335 e. The van der Waals surface area contributed by atoms with Crippen LogP contribution in [0.5, 0.6) is 0 Å². The molecule has 0 aliphatic carbocycles. The van der Waals surface area contributed by atoms with Crippen molar-refractivity contribution in [3.63, 3.8) is 0 Å². The number of benzene rings is 1. The highest BCUT2D eigenvalue weighted by molar-refractivity contribution is 7.99. The molecule has 2 unspecified atom stereocenters. The van der Waals surface area contributed by atoms with E-state index in [-0.39, 0.29) is 18.1 Å². The average Bonchev–Trinajstić information content (AvgIpc) is 3.18. The minimum atomic E-state index is -2.46. The molecule has 0 saturated carbocycles. The number of amides is 1. The van der Waals surface area contributed by atoms with Crippen LogP contribution in [0.1, 0.15) is 27.7 Å². The molecule has 3 rings (SSSR count). The summed E-state index contributed by atoms with van der Waals surface area (Å²) in [6, 6.07) is 10.4. The number of rotatable bonds is 5. The van der Waals surface area contributed by atoms with Gasteiger partial charge >= 0.3 is 0 Å². The summed E-state index contributed by atoms with van der Waals surface area (Å²) in [6.07, 6.45) is 0.565. The second-order valence-corrected chi connectivity index (χ2v) is 7.06. The van der Waals surface area contributed by atoms with E-state index in [4.69, 9.17) is 0 Å². The molecule has 23 heavy (non-hydrogen) atoms. The van der Waals surface area contributed by atoms with Gasteiger partial charge in [0.1, 0.15) is 0 Å². The van der Waals surface area contributed by atoms with E-state index in [0.717, 1.165) is 6.42 Å². The SMILES string of the molecule is O=C(NC1CC(c2cccs2)NN1)c1ccc(SC(F)F)cc1. The summed E-state index contributed by atoms with van der Waals surface area (Å²) in [7, 11) is 0. The first-order valence-electron chi connectivity index (χ1n) is 7.02. The Hall–Kier alpha value is -1.48. The van der Waals surface area contributed by atoms with Crippen LogP contribution >= 0.6 is 23.1 Å². The molecule has 2 heterocycles. The number of hydrogen-bond acceptors (Lipinski definition) is 5. The third-order valence-corrected chi connectivity index (χ3v) is 5.15. The van der Waals surface area contributed by atoms with Gasteiger partial charge in [-0.25, -0.2) is 10.9 Å². The summed E-state index contributed by atoms with van der Waals surface area (Å²) in [6.45, 7) is 0. The Morgan fingerprint density at radius 2 is 2.04 bits per heavy atom. The molecule has 2 atom stereocenters. The average molecular weight is 355 g/mol. The van der Waals surface area contributed by atoms with E-state index in [1.807, 2.05) is 17.5 Å². The second-order valence-electron chi connectivity index (χ2n) is 5.02. The predicted octanol–water partition coefficient (Wildman–Crippen LogP) is 3.36. The zero-order valence-electron chi connectivity index (χ0n) is 12.0. The number of thiophene rings is 1. The monoisotopic (exact) mass is 355 g/mol. The minimum absolute atomic E-state index is 0.171. The van der Waals surface area contributed by atoms with E-state index in [1.165, 1.54) is 17.0 Å². The van der Waals surface area contributed by atoms with Gasteiger partial charge in [-0.3, -0.25) is 4.79 Å². The van der Waals surface area contributed by atoms with Gasteiger partial charge in [0, 0.05) is 21.8 Å². The van der Waals surface area contributed by atoms with Gasteiger partial charge in [0.2, 0.25) is 0 Å². The van der Waals surface area contributed by atoms with Crippen LogP contribution in [0.25, 0.3) is 0 Å². The Labute approximate surface area is 140 Å². The molecular formula is C15H15F2N3OS2. The molecule has 1 saturated heterocycles. The highest BCUT2D eigenvalue weighted by Crippen LogP contribution is 2.26. The van der Waals surface area contributed by atoms with Crippen molar-refractivity contribution in [2.24, 2.45) is 0 Å². The van der Waals surface area contributed by atoms with Gasteiger partial charge < -0.3 is 5.32 Å². The summed E-state index contributed by atoms with van der Waals surface area (Å²) < 4.78 is 24.5. The lowest BCUT2D eigenvalue weighted by Crippen LogP contribution is -2.44. The van der Waals surface area contributed by atoms with Gasteiger partial charge in [0.15, 0.2) is 0 Å². The Kier molecular flexibility index (Phi) is 5.27. The van der Waals surface area contributed by atoms with Crippen LogP contribution in [0.3, 0.4) is 0 Å². The molecule has 3 N–H and O–H groups in total. The fourth-order valence-electron chi connectivity index (χ4n) is 2.36. The Balaban J connectivity index is 1.55. The Bertz CT molecular complexity index is 649. The van der Waals surface area contributed by atoms with E-state index in [1.54, 1.807) is 23.5 Å². The molecule has 1 aromatic heterocycles. The van der Waals surface area contributed by atoms with Crippen molar-refractivity contribution in [3.05, 3.63) is 52.2 Å². The molecule has 1 aromatic carbocycles. The number of carbonyl (C=O) groups excluding carboxylic acids is 1. The van der Waals surface area contributed by atoms with Gasteiger partial charge in [-0.05, 0) is 35.7 Å². The molecule has 4 nitrogen and oxygen atoms in total. The third kappa shape index (κ3) is 4.29. The van der Waals surface area contributed by atoms with Gasteiger partial charge in [-0.1, -0.05) is 17.8 Å². The summed E-state index contributed by atoms with van der Waals surface area (Å²) in [4.78, 5) is 13.8. The van der Waals surface area contributed by atoms with E-state index >= 15 is 0 Å². The maximum absolute atomic E-state index is 12.3. The van der Waals surface area contributed by atoms with Crippen LogP contribution in [0.4, 0.5) is 8.78 Å². The molecular weight excluding hydrogens is 340 g/mol. The van der Waals surface area contributed by atoms with Gasteiger partial charge in [-0.2, -0.15) is 8.78 Å². The number of alkyl halides is 2. The number of halogens is 2. The van der Waals surface area contributed by atoms with Crippen LogP contribution in [0.2, 0.25) is 0 Å². The molecule has 122 valence electrons. The van der Waals surface area contributed by atoms with Crippen molar-refractivity contribution in [3.8, 4) is 0 Å². The second kappa shape index (κ2) is 7.39. The third-order valence-electron chi connectivity index (χ3n) is 3.44. The van der Waals surface area contributed by atoms with Crippen molar-refractivity contribution in [2.45, 2.75) is 29.3 Å². The van der Waals surface area contributed by atoms with Gasteiger partial charge in [-0.15, -0.1) is 11.3 Å². The highest BCUT2D eigenvalue weighted by atomic mass is 32.2. The lowest BCUT2D eigenvalue weighted by atomic mass is 10.1. The van der Waals surface area contributed by atoms with Crippen molar-refractivity contribution in [2.75, 3.05) is 0 Å². The Morgan fingerprint density at radius 3 is 2.70 bits per heavy atom. The summed E-state index contributed by atoms with van der Waals surface area (Å²) >= 11 is 2.13. The fraction of sp³-hybridized carbons (Fsp3) is 0.267.